The third-order valence-corrected chi connectivity index (χ3v) is 4.77. The van der Waals surface area contributed by atoms with Crippen LogP contribution >= 0.6 is 0 Å². The van der Waals surface area contributed by atoms with Crippen molar-refractivity contribution in [2.45, 2.75) is 13.8 Å². The van der Waals surface area contributed by atoms with Gasteiger partial charge in [-0.3, -0.25) is 24.5 Å². The molecule has 0 saturated carbocycles. The Morgan fingerprint density at radius 1 is 0.848 bits per heavy atom. The zero-order chi connectivity index (χ0) is 24.0. The molecule has 0 aliphatic rings. The molecule has 0 radical (unpaired) electrons. The molecule has 3 aromatic carbocycles. The van der Waals surface area contributed by atoms with Gasteiger partial charge in [-0.05, 0) is 74.0 Å². The molecule has 166 valence electrons. The number of hydrogen-bond acceptors (Lipinski definition) is 5. The molecule has 3 rings (SSSR count). The molecule has 0 spiro atoms. The van der Waals surface area contributed by atoms with E-state index in [0.717, 1.165) is 5.56 Å². The SMILES string of the molecule is CC(=O)c1ccc(NC(=O)C(=Cc2ccc([N+](=O)[O-])cc2)NC(=O)c2ccc(C)cc2)cc1. The second kappa shape index (κ2) is 10.1. The maximum Gasteiger partial charge on any atom is 0.272 e. The quantitative estimate of drug-likeness (QED) is 0.241. The highest BCUT2D eigenvalue weighted by Gasteiger charge is 2.16. The van der Waals surface area contributed by atoms with Gasteiger partial charge in [0.1, 0.15) is 5.70 Å². The lowest BCUT2D eigenvalue weighted by Gasteiger charge is -2.12. The molecule has 8 heteroatoms. The summed E-state index contributed by atoms with van der Waals surface area (Å²) < 4.78 is 0. The first-order chi connectivity index (χ1) is 15.7. The van der Waals surface area contributed by atoms with Crippen LogP contribution in [0, 0.1) is 17.0 Å². The monoisotopic (exact) mass is 443 g/mol. The predicted octanol–water partition coefficient (Wildman–Crippen LogP) is 4.52. The standard InChI is InChI=1S/C25H21N3O5/c1-16-3-7-20(8-4-16)24(30)27-23(15-18-5-13-22(14-6-18)28(32)33)25(31)26-21-11-9-19(10-12-21)17(2)29/h3-15H,1-2H3,(H,26,31)(H,27,30). The number of carbonyl (C=O) groups is 3. The fourth-order valence-electron chi connectivity index (χ4n) is 2.90. The maximum absolute atomic E-state index is 13.0. The van der Waals surface area contributed by atoms with E-state index in [4.69, 9.17) is 0 Å². The Labute approximate surface area is 190 Å². The fraction of sp³-hybridized carbons (Fsp3) is 0.0800. The van der Waals surface area contributed by atoms with Gasteiger partial charge in [-0.1, -0.05) is 17.7 Å². The Morgan fingerprint density at radius 3 is 1.97 bits per heavy atom. The van der Waals surface area contributed by atoms with Gasteiger partial charge < -0.3 is 10.6 Å². The zero-order valence-corrected chi connectivity index (χ0v) is 18.0. The molecule has 0 saturated heterocycles. The van der Waals surface area contributed by atoms with Crippen LogP contribution in [0.2, 0.25) is 0 Å². The van der Waals surface area contributed by atoms with Crippen LogP contribution in [0.3, 0.4) is 0 Å². The van der Waals surface area contributed by atoms with Gasteiger partial charge in [-0.25, -0.2) is 0 Å². The minimum absolute atomic E-state index is 0.0509. The first-order valence-electron chi connectivity index (χ1n) is 9.99. The molecule has 8 nitrogen and oxygen atoms in total. The molecule has 2 amide bonds. The van der Waals surface area contributed by atoms with E-state index in [9.17, 15) is 24.5 Å². The van der Waals surface area contributed by atoms with Crippen LogP contribution in [-0.2, 0) is 4.79 Å². The van der Waals surface area contributed by atoms with Crippen molar-refractivity contribution in [1.82, 2.24) is 5.32 Å². The van der Waals surface area contributed by atoms with Gasteiger partial charge in [0.05, 0.1) is 4.92 Å². The summed E-state index contributed by atoms with van der Waals surface area (Å²) in [5, 5.41) is 16.2. The van der Waals surface area contributed by atoms with Crippen LogP contribution in [0.4, 0.5) is 11.4 Å². The molecule has 0 aliphatic carbocycles. The Morgan fingerprint density at radius 2 is 1.42 bits per heavy atom. The molecule has 33 heavy (non-hydrogen) atoms. The largest absolute Gasteiger partial charge is 0.321 e. The van der Waals surface area contributed by atoms with Crippen molar-refractivity contribution >= 4 is 35.0 Å². The van der Waals surface area contributed by atoms with Crippen LogP contribution in [0.5, 0.6) is 0 Å². The number of amides is 2. The van der Waals surface area contributed by atoms with Crippen molar-refractivity contribution in [2.75, 3.05) is 5.32 Å². The van der Waals surface area contributed by atoms with E-state index in [1.807, 2.05) is 6.92 Å². The van der Waals surface area contributed by atoms with Gasteiger partial charge in [0.25, 0.3) is 17.5 Å². The van der Waals surface area contributed by atoms with E-state index in [-0.39, 0.29) is 17.2 Å². The van der Waals surface area contributed by atoms with Crippen LogP contribution in [0.25, 0.3) is 6.08 Å². The molecule has 3 aromatic rings. The minimum Gasteiger partial charge on any atom is -0.321 e. The number of anilines is 1. The Hall–Kier alpha value is -4.59. The second-order valence-electron chi connectivity index (χ2n) is 7.31. The summed E-state index contributed by atoms with van der Waals surface area (Å²) in [4.78, 5) is 47.5. The summed E-state index contributed by atoms with van der Waals surface area (Å²) >= 11 is 0. The number of carbonyl (C=O) groups excluding carboxylic acids is 3. The van der Waals surface area contributed by atoms with Gasteiger partial charge in [-0.2, -0.15) is 0 Å². The molecular formula is C25H21N3O5. The maximum atomic E-state index is 13.0. The van der Waals surface area contributed by atoms with Gasteiger partial charge in [-0.15, -0.1) is 0 Å². The van der Waals surface area contributed by atoms with Crippen molar-refractivity contribution in [3.05, 3.63) is 111 Å². The first kappa shape index (κ1) is 23.1. The minimum atomic E-state index is -0.593. The number of nitrogens with one attached hydrogen (secondary N) is 2. The lowest BCUT2D eigenvalue weighted by molar-refractivity contribution is -0.384. The Balaban J connectivity index is 1.88. The lowest BCUT2D eigenvalue weighted by Crippen LogP contribution is -2.30. The van der Waals surface area contributed by atoms with E-state index in [0.29, 0.717) is 22.4 Å². The van der Waals surface area contributed by atoms with E-state index >= 15 is 0 Å². The van der Waals surface area contributed by atoms with E-state index in [1.165, 1.54) is 37.3 Å². The van der Waals surface area contributed by atoms with Gasteiger partial charge in [0, 0.05) is 28.9 Å². The van der Waals surface area contributed by atoms with Gasteiger partial charge >= 0.3 is 0 Å². The highest BCUT2D eigenvalue weighted by atomic mass is 16.6. The van der Waals surface area contributed by atoms with Gasteiger partial charge in [0.2, 0.25) is 0 Å². The number of nitrogens with zero attached hydrogens (tertiary/aromatic N) is 1. The first-order valence-corrected chi connectivity index (χ1v) is 9.99. The van der Waals surface area contributed by atoms with Crippen LogP contribution in [0.15, 0.2) is 78.5 Å². The van der Waals surface area contributed by atoms with Crippen molar-refractivity contribution in [3.8, 4) is 0 Å². The number of benzene rings is 3. The van der Waals surface area contributed by atoms with E-state index in [2.05, 4.69) is 10.6 Å². The average Bonchev–Trinajstić information content (AvgIpc) is 2.79. The van der Waals surface area contributed by atoms with Crippen molar-refractivity contribution < 1.29 is 19.3 Å². The fourth-order valence-corrected chi connectivity index (χ4v) is 2.90. The number of ketones is 1. The molecule has 0 bridgehead atoms. The lowest BCUT2D eigenvalue weighted by atomic mass is 10.1. The van der Waals surface area contributed by atoms with Crippen molar-refractivity contribution in [3.63, 3.8) is 0 Å². The van der Waals surface area contributed by atoms with Gasteiger partial charge in [0.15, 0.2) is 5.78 Å². The molecular weight excluding hydrogens is 422 g/mol. The molecule has 0 heterocycles. The molecule has 2 N–H and O–H groups in total. The molecule has 0 fully saturated rings. The van der Waals surface area contributed by atoms with Crippen LogP contribution in [-0.4, -0.2) is 22.5 Å². The summed E-state index contributed by atoms with van der Waals surface area (Å²) in [5.41, 5.74) is 2.64. The highest BCUT2D eigenvalue weighted by molar-refractivity contribution is 6.10. The summed E-state index contributed by atoms with van der Waals surface area (Å²) in [6.07, 6.45) is 1.43. The summed E-state index contributed by atoms with van der Waals surface area (Å²) in [6, 6.07) is 18.8. The smallest absolute Gasteiger partial charge is 0.272 e. The number of rotatable bonds is 7. The van der Waals surface area contributed by atoms with E-state index < -0.39 is 16.7 Å². The van der Waals surface area contributed by atoms with Crippen molar-refractivity contribution in [2.24, 2.45) is 0 Å². The topological polar surface area (TPSA) is 118 Å². The number of nitro groups is 1. The molecule has 0 aromatic heterocycles. The molecule has 0 aliphatic heterocycles. The number of non-ortho nitro benzene ring substituents is 1. The number of nitro benzene ring substituents is 1. The van der Waals surface area contributed by atoms with Crippen LogP contribution < -0.4 is 10.6 Å². The predicted molar refractivity (Wildman–Crippen MR) is 125 cm³/mol. The second-order valence-corrected chi connectivity index (χ2v) is 7.31. The van der Waals surface area contributed by atoms with Crippen LogP contribution in [0.1, 0.15) is 38.8 Å². The summed E-state index contributed by atoms with van der Waals surface area (Å²) in [6.45, 7) is 3.34. The zero-order valence-electron chi connectivity index (χ0n) is 18.0. The highest BCUT2D eigenvalue weighted by Crippen LogP contribution is 2.16. The third-order valence-electron chi connectivity index (χ3n) is 4.77. The number of hydrogen-bond donors (Lipinski definition) is 2. The van der Waals surface area contributed by atoms with E-state index in [1.54, 1.807) is 48.5 Å². The normalized spacial score (nSPS) is 10.9. The number of aryl methyl sites for hydroxylation is 1. The molecule has 0 atom stereocenters. The Kier molecular flexibility index (Phi) is 7.10. The van der Waals surface area contributed by atoms with Crippen molar-refractivity contribution in [1.29, 1.82) is 0 Å². The average molecular weight is 443 g/mol. The Bertz CT molecular complexity index is 1230. The number of Topliss-reactive ketones (excluding diaryl/α,β-unsaturated/α-hetero) is 1. The summed E-state index contributed by atoms with van der Waals surface area (Å²) in [7, 11) is 0. The third kappa shape index (κ3) is 6.20. The molecule has 0 unspecified atom stereocenters. The summed E-state index contributed by atoms with van der Waals surface area (Å²) in [5.74, 6) is -1.17.